The zero-order valence-electron chi connectivity index (χ0n) is 14.1. The maximum Gasteiger partial charge on any atom is -0.00257 e. The molecule has 0 bridgehead atoms. The van der Waals surface area contributed by atoms with Gasteiger partial charge in [-0.2, -0.15) is 0 Å². The van der Waals surface area contributed by atoms with E-state index in [1.165, 1.54) is 28.7 Å². The van der Waals surface area contributed by atoms with Crippen molar-refractivity contribution in [1.29, 1.82) is 0 Å². The van der Waals surface area contributed by atoms with E-state index in [1.807, 2.05) is 0 Å². The smallest absolute Gasteiger partial charge is 0.00257 e. The minimum absolute atomic E-state index is 0.212. The van der Waals surface area contributed by atoms with Gasteiger partial charge >= 0.3 is 0 Å². The van der Waals surface area contributed by atoms with Crippen LogP contribution >= 0.6 is 0 Å². The van der Waals surface area contributed by atoms with Crippen molar-refractivity contribution in [1.82, 2.24) is 0 Å². The third-order valence-corrected chi connectivity index (χ3v) is 4.32. The Morgan fingerprint density at radius 2 is 1.57 bits per heavy atom. The molecular weight excluding hydrogens is 252 g/mol. The molecule has 0 amide bonds. The van der Waals surface area contributed by atoms with Crippen molar-refractivity contribution >= 4 is 0 Å². The van der Waals surface area contributed by atoms with E-state index in [-0.39, 0.29) is 5.41 Å². The molecule has 0 saturated carbocycles. The van der Waals surface area contributed by atoms with Crippen molar-refractivity contribution in [3.8, 4) is 0 Å². The molecule has 0 heterocycles. The van der Waals surface area contributed by atoms with E-state index in [0.29, 0.717) is 5.92 Å². The molecule has 0 aliphatic carbocycles. The first-order valence-electron chi connectivity index (χ1n) is 8.09. The average Bonchev–Trinajstić information content (AvgIpc) is 2.46. The third-order valence-electron chi connectivity index (χ3n) is 4.32. The van der Waals surface area contributed by atoms with Crippen LogP contribution in [0.1, 0.15) is 69.2 Å². The zero-order valence-corrected chi connectivity index (χ0v) is 14.1. The lowest BCUT2D eigenvalue weighted by Gasteiger charge is -2.26. The van der Waals surface area contributed by atoms with E-state index < -0.39 is 0 Å². The lowest BCUT2D eigenvalue weighted by molar-refractivity contribution is 0.570. The molecular formula is C21H28. The van der Waals surface area contributed by atoms with Crippen LogP contribution < -0.4 is 0 Å². The summed E-state index contributed by atoms with van der Waals surface area (Å²) in [6.45, 7) is 11.6. The molecule has 0 N–H and O–H groups in total. The predicted molar refractivity (Wildman–Crippen MR) is 93.1 cm³/mol. The SMILES string of the molecule is CCC(C)c1cc(Cc2ccccc2)ccc1C(C)(C)C. The molecule has 2 aromatic rings. The fraction of sp³-hybridized carbons (Fsp3) is 0.429. The van der Waals surface area contributed by atoms with E-state index in [1.54, 1.807) is 0 Å². The van der Waals surface area contributed by atoms with Crippen LogP contribution in [0.25, 0.3) is 0 Å². The highest BCUT2D eigenvalue weighted by molar-refractivity contribution is 5.40. The number of hydrogen-bond donors (Lipinski definition) is 0. The quantitative estimate of drug-likeness (QED) is 0.636. The maximum absolute atomic E-state index is 2.43. The first-order valence-corrected chi connectivity index (χ1v) is 8.09. The Balaban J connectivity index is 2.37. The summed E-state index contributed by atoms with van der Waals surface area (Å²) in [6, 6.07) is 17.8. The van der Waals surface area contributed by atoms with Gasteiger partial charge in [-0.1, -0.05) is 83.1 Å². The molecule has 0 aliphatic heterocycles. The van der Waals surface area contributed by atoms with Gasteiger partial charge in [-0.15, -0.1) is 0 Å². The van der Waals surface area contributed by atoms with Gasteiger partial charge in [-0.25, -0.2) is 0 Å². The fourth-order valence-electron chi connectivity index (χ4n) is 2.86. The van der Waals surface area contributed by atoms with Crippen LogP contribution in [0.3, 0.4) is 0 Å². The first kappa shape index (κ1) is 15.8. The Hall–Kier alpha value is -1.56. The van der Waals surface area contributed by atoms with E-state index in [4.69, 9.17) is 0 Å². The van der Waals surface area contributed by atoms with E-state index in [9.17, 15) is 0 Å². The second kappa shape index (κ2) is 6.47. The molecule has 0 radical (unpaired) electrons. The molecule has 0 saturated heterocycles. The Kier molecular flexibility index (Phi) is 4.88. The first-order chi connectivity index (χ1) is 9.91. The Morgan fingerprint density at radius 3 is 2.14 bits per heavy atom. The molecule has 112 valence electrons. The summed E-state index contributed by atoms with van der Waals surface area (Å²) in [6.07, 6.45) is 2.21. The van der Waals surface area contributed by atoms with E-state index >= 15 is 0 Å². The Morgan fingerprint density at radius 1 is 0.905 bits per heavy atom. The van der Waals surface area contributed by atoms with Gasteiger partial charge in [-0.05, 0) is 46.4 Å². The van der Waals surface area contributed by atoms with E-state index in [0.717, 1.165) is 6.42 Å². The highest BCUT2D eigenvalue weighted by atomic mass is 14.2. The van der Waals surface area contributed by atoms with Gasteiger partial charge in [0.15, 0.2) is 0 Å². The van der Waals surface area contributed by atoms with Gasteiger partial charge in [0.2, 0.25) is 0 Å². The van der Waals surface area contributed by atoms with Gasteiger partial charge in [-0.3, -0.25) is 0 Å². The van der Waals surface area contributed by atoms with Crippen LogP contribution in [0.5, 0.6) is 0 Å². The summed E-state index contributed by atoms with van der Waals surface area (Å²) in [5.74, 6) is 0.620. The van der Waals surface area contributed by atoms with Crippen LogP contribution in [-0.2, 0) is 11.8 Å². The topological polar surface area (TPSA) is 0 Å². The van der Waals surface area contributed by atoms with Crippen LogP contribution in [0.15, 0.2) is 48.5 Å². The minimum atomic E-state index is 0.212. The van der Waals surface area contributed by atoms with Gasteiger partial charge in [0.1, 0.15) is 0 Å². The van der Waals surface area contributed by atoms with Crippen molar-refractivity contribution in [2.24, 2.45) is 0 Å². The number of benzene rings is 2. The molecule has 0 spiro atoms. The molecule has 0 heteroatoms. The van der Waals surface area contributed by atoms with Crippen LogP contribution in [0.4, 0.5) is 0 Å². The van der Waals surface area contributed by atoms with Crippen LogP contribution in [-0.4, -0.2) is 0 Å². The highest BCUT2D eigenvalue weighted by Gasteiger charge is 2.20. The molecule has 0 fully saturated rings. The monoisotopic (exact) mass is 280 g/mol. The van der Waals surface area contributed by atoms with Crippen molar-refractivity contribution in [3.63, 3.8) is 0 Å². The van der Waals surface area contributed by atoms with Crippen molar-refractivity contribution in [2.45, 2.75) is 58.8 Å². The second-order valence-corrected chi connectivity index (χ2v) is 7.14. The normalized spacial score (nSPS) is 13.2. The van der Waals surface area contributed by atoms with Gasteiger partial charge < -0.3 is 0 Å². The molecule has 2 aromatic carbocycles. The third kappa shape index (κ3) is 3.97. The molecule has 1 unspecified atom stereocenters. The average molecular weight is 280 g/mol. The fourth-order valence-corrected chi connectivity index (χ4v) is 2.86. The summed E-state index contributed by atoms with van der Waals surface area (Å²) in [4.78, 5) is 0. The molecule has 2 rings (SSSR count). The molecule has 0 aliphatic rings. The van der Waals surface area contributed by atoms with Crippen LogP contribution in [0.2, 0.25) is 0 Å². The summed E-state index contributed by atoms with van der Waals surface area (Å²) in [5.41, 5.74) is 6.04. The minimum Gasteiger partial charge on any atom is -0.0648 e. The molecule has 21 heavy (non-hydrogen) atoms. The second-order valence-electron chi connectivity index (χ2n) is 7.14. The van der Waals surface area contributed by atoms with Gasteiger partial charge in [0, 0.05) is 0 Å². The lowest BCUT2D eigenvalue weighted by atomic mass is 9.79. The molecule has 1 atom stereocenters. The van der Waals surface area contributed by atoms with E-state index in [2.05, 4.69) is 83.1 Å². The standard InChI is InChI=1S/C21H28/c1-6-16(2)19-15-18(12-13-20(19)21(3,4)5)14-17-10-8-7-9-11-17/h7-13,15-16H,6,14H2,1-5H3. The number of rotatable bonds is 4. The lowest BCUT2D eigenvalue weighted by Crippen LogP contribution is -2.15. The Labute approximate surface area is 130 Å². The summed E-state index contributed by atoms with van der Waals surface area (Å²) in [5, 5.41) is 0. The summed E-state index contributed by atoms with van der Waals surface area (Å²) in [7, 11) is 0. The van der Waals surface area contributed by atoms with Gasteiger partial charge in [0.05, 0.1) is 0 Å². The zero-order chi connectivity index (χ0) is 15.5. The largest absolute Gasteiger partial charge is 0.0648 e. The van der Waals surface area contributed by atoms with Crippen molar-refractivity contribution in [2.75, 3.05) is 0 Å². The summed E-state index contributed by atoms with van der Waals surface area (Å²) >= 11 is 0. The molecule has 0 nitrogen and oxygen atoms in total. The maximum atomic E-state index is 2.43. The molecule has 0 aromatic heterocycles. The number of hydrogen-bond acceptors (Lipinski definition) is 0. The van der Waals surface area contributed by atoms with Gasteiger partial charge in [0.25, 0.3) is 0 Å². The predicted octanol–water partition coefficient (Wildman–Crippen LogP) is 6.09. The van der Waals surface area contributed by atoms with Crippen molar-refractivity contribution < 1.29 is 0 Å². The van der Waals surface area contributed by atoms with Crippen molar-refractivity contribution in [3.05, 3.63) is 70.8 Å². The highest BCUT2D eigenvalue weighted by Crippen LogP contribution is 2.33. The summed E-state index contributed by atoms with van der Waals surface area (Å²) < 4.78 is 0. The Bertz CT molecular complexity index is 573. The van der Waals surface area contributed by atoms with Crippen LogP contribution in [0, 0.1) is 0 Å².